The lowest BCUT2D eigenvalue weighted by Gasteiger charge is -2.20. The summed E-state index contributed by atoms with van der Waals surface area (Å²) in [5, 5.41) is 5.52. The Morgan fingerprint density at radius 1 is 1.12 bits per heavy atom. The van der Waals surface area contributed by atoms with Gasteiger partial charge >= 0.3 is 0 Å². The van der Waals surface area contributed by atoms with Crippen LogP contribution >= 0.6 is 0 Å². The van der Waals surface area contributed by atoms with Gasteiger partial charge in [0.05, 0.1) is 6.42 Å². The van der Waals surface area contributed by atoms with Gasteiger partial charge in [-0.25, -0.2) is 4.39 Å². The quantitative estimate of drug-likeness (QED) is 0.906. The summed E-state index contributed by atoms with van der Waals surface area (Å²) in [6.07, 6.45) is 1.58. The van der Waals surface area contributed by atoms with Crippen LogP contribution in [0, 0.1) is 5.82 Å². The van der Waals surface area contributed by atoms with Gasteiger partial charge in [-0.15, -0.1) is 0 Å². The highest BCUT2D eigenvalue weighted by atomic mass is 19.1. The largest absolute Gasteiger partial charge is 0.346 e. The summed E-state index contributed by atoms with van der Waals surface area (Å²) in [5.41, 5.74) is 1.04. The second-order valence-corrected chi connectivity index (χ2v) is 6.49. The van der Waals surface area contributed by atoms with Crippen molar-refractivity contribution in [3.63, 3.8) is 0 Å². The zero-order valence-electron chi connectivity index (χ0n) is 13.9. The van der Waals surface area contributed by atoms with E-state index in [4.69, 9.17) is 0 Å². The molecule has 0 unspecified atom stereocenters. The van der Waals surface area contributed by atoms with Crippen LogP contribution in [0.4, 0.5) is 10.1 Å². The fourth-order valence-corrected chi connectivity index (χ4v) is 2.03. The average Bonchev–Trinajstić information content (AvgIpc) is 2.48. The van der Waals surface area contributed by atoms with Gasteiger partial charge in [0.25, 0.3) is 5.91 Å². The molecule has 2 N–H and O–H groups in total. The maximum absolute atomic E-state index is 12.9. The van der Waals surface area contributed by atoms with Crippen molar-refractivity contribution in [3.05, 3.63) is 59.7 Å². The molecule has 0 fully saturated rings. The van der Waals surface area contributed by atoms with Crippen LogP contribution in [0.3, 0.4) is 0 Å². The summed E-state index contributed by atoms with van der Waals surface area (Å²) in [6, 6.07) is 8.86. The molecule has 0 atom stereocenters. The molecule has 0 saturated carbocycles. The Kier molecular flexibility index (Phi) is 5.28. The predicted molar refractivity (Wildman–Crippen MR) is 90.2 cm³/mol. The number of nitrogens with zero attached hydrogens (tertiary/aromatic N) is 1. The minimum atomic E-state index is -0.374. The van der Waals surface area contributed by atoms with Crippen molar-refractivity contribution in [1.29, 1.82) is 0 Å². The number of pyridine rings is 1. The maximum atomic E-state index is 12.9. The number of amides is 2. The molecule has 24 heavy (non-hydrogen) atoms. The first-order chi connectivity index (χ1) is 11.2. The molecule has 1 heterocycles. The van der Waals surface area contributed by atoms with E-state index in [1.807, 2.05) is 20.8 Å². The minimum Gasteiger partial charge on any atom is -0.346 e. The normalized spacial score (nSPS) is 11.0. The van der Waals surface area contributed by atoms with Gasteiger partial charge in [-0.2, -0.15) is 0 Å². The Morgan fingerprint density at radius 3 is 2.42 bits per heavy atom. The molecule has 6 heteroatoms. The van der Waals surface area contributed by atoms with Crippen molar-refractivity contribution in [1.82, 2.24) is 10.3 Å². The van der Waals surface area contributed by atoms with Crippen LogP contribution in [0.5, 0.6) is 0 Å². The van der Waals surface area contributed by atoms with Crippen LogP contribution in [0.2, 0.25) is 0 Å². The maximum Gasteiger partial charge on any atom is 0.270 e. The van der Waals surface area contributed by atoms with E-state index in [1.54, 1.807) is 18.2 Å². The summed E-state index contributed by atoms with van der Waals surface area (Å²) >= 11 is 0. The molecule has 126 valence electrons. The number of carbonyl (C=O) groups is 2. The van der Waals surface area contributed by atoms with E-state index in [0.29, 0.717) is 11.3 Å². The lowest BCUT2D eigenvalue weighted by Crippen LogP contribution is -2.40. The molecule has 5 nitrogen and oxygen atoms in total. The van der Waals surface area contributed by atoms with Gasteiger partial charge in [0.15, 0.2) is 0 Å². The Balaban J connectivity index is 2.02. The number of hydrogen-bond donors (Lipinski definition) is 2. The van der Waals surface area contributed by atoms with Gasteiger partial charge in [-0.3, -0.25) is 14.6 Å². The number of rotatable bonds is 4. The standard InChI is InChI=1S/C18H20FN3O2/c1-18(2,3)22-17(24)15-11-14(8-9-20-15)21-16(23)10-12-4-6-13(19)7-5-12/h4-9,11H,10H2,1-3H3,(H,22,24)(H,20,21,23). The molecule has 1 aromatic heterocycles. The second kappa shape index (κ2) is 7.21. The smallest absolute Gasteiger partial charge is 0.270 e. The van der Waals surface area contributed by atoms with Crippen molar-refractivity contribution >= 4 is 17.5 Å². The molecule has 0 aliphatic carbocycles. The van der Waals surface area contributed by atoms with Gasteiger partial charge in [0.1, 0.15) is 11.5 Å². The van der Waals surface area contributed by atoms with Crippen LogP contribution in [0.1, 0.15) is 36.8 Å². The third-order valence-electron chi connectivity index (χ3n) is 3.04. The lowest BCUT2D eigenvalue weighted by molar-refractivity contribution is -0.115. The third kappa shape index (κ3) is 5.46. The van der Waals surface area contributed by atoms with Crippen LogP contribution in [-0.2, 0) is 11.2 Å². The van der Waals surface area contributed by atoms with Gasteiger partial charge in [-0.05, 0) is 50.6 Å². The first-order valence-corrected chi connectivity index (χ1v) is 7.56. The Labute approximate surface area is 140 Å². The highest BCUT2D eigenvalue weighted by Crippen LogP contribution is 2.11. The fraction of sp³-hybridized carbons (Fsp3) is 0.278. The molecule has 0 aliphatic heterocycles. The molecular weight excluding hydrogens is 309 g/mol. The van der Waals surface area contributed by atoms with E-state index in [2.05, 4.69) is 15.6 Å². The van der Waals surface area contributed by atoms with Crippen molar-refractivity contribution in [2.45, 2.75) is 32.7 Å². The van der Waals surface area contributed by atoms with E-state index in [-0.39, 0.29) is 35.3 Å². The Bertz CT molecular complexity index is 737. The molecule has 0 bridgehead atoms. The van der Waals surface area contributed by atoms with Crippen LogP contribution < -0.4 is 10.6 Å². The Hall–Kier alpha value is -2.76. The monoisotopic (exact) mass is 329 g/mol. The first kappa shape index (κ1) is 17.6. The van der Waals surface area contributed by atoms with Crippen LogP contribution in [0.15, 0.2) is 42.6 Å². The number of benzene rings is 1. The van der Waals surface area contributed by atoms with Gasteiger partial charge in [0.2, 0.25) is 5.91 Å². The summed E-state index contributed by atoms with van der Waals surface area (Å²) < 4.78 is 12.9. The SMILES string of the molecule is CC(C)(C)NC(=O)c1cc(NC(=O)Cc2ccc(F)cc2)ccn1. The molecule has 0 radical (unpaired) electrons. The number of anilines is 1. The molecular formula is C18H20FN3O2. The molecule has 2 aromatic rings. The molecule has 0 aliphatic rings. The highest BCUT2D eigenvalue weighted by Gasteiger charge is 2.16. The van der Waals surface area contributed by atoms with Gasteiger partial charge < -0.3 is 10.6 Å². The summed E-state index contributed by atoms with van der Waals surface area (Å²) in [4.78, 5) is 28.2. The van der Waals surface area contributed by atoms with Crippen molar-refractivity contribution in [3.8, 4) is 0 Å². The Morgan fingerprint density at radius 2 is 1.79 bits per heavy atom. The summed E-state index contributed by atoms with van der Waals surface area (Å²) in [6.45, 7) is 5.62. The number of aromatic nitrogens is 1. The van der Waals surface area contributed by atoms with Crippen molar-refractivity contribution in [2.75, 3.05) is 5.32 Å². The average molecular weight is 329 g/mol. The molecule has 2 rings (SSSR count). The van der Waals surface area contributed by atoms with Gasteiger partial charge in [-0.1, -0.05) is 12.1 Å². The molecule has 2 amide bonds. The number of hydrogen-bond acceptors (Lipinski definition) is 3. The van der Waals surface area contributed by atoms with Crippen LogP contribution in [0.25, 0.3) is 0 Å². The summed E-state index contributed by atoms with van der Waals surface area (Å²) in [5.74, 6) is -0.907. The minimum absolute atomic E-state index is 0.117. The van der Waals surface area contributed by atoms with E-state index in [9.17, 15) is 14.0 Å². The lowest BCUT2D eigenvalue weighted by atomic mass is 10.1. The van der Waals surface area contributed by atoms with Crippen molar-refractivity contribution in [2.24, 2.45) is 0 Å². The van der Waals surface area contributed by atoms with E-state index in [0.717, 1.165) is 0 Å². The fourth-order valence-electron chi connectivity index (χ4n) is 2.03. The third-order valence-corrected chi connectivity index (χ3v) is 3.04. The van der Waals surface area contributed by atoms with E-state index < -0.39 is 0 Å². The molecule has 1 aromatic carbocycles. The summed E-state index contributed by atoms with van der Waals surface area (Å²) in [7, 11) is 0. The van der Waals surface area contributed by atoms with E-state index in [1.165, 1.54) is 24.4 Å². The van der Waals surface area contributed by atoms with Gasteiger partial charge in [0, 0.05) is 17.4 Å². The number of carbonyl (C=O) groups excluding carboxylic acids is 2. The topological polar surface area (TPSA) is 71.1 Å². The number of halogens is 1. The molecule has 0 saturated heterocycles. The van der Waals surface area contributed by atoms with Crippen molar-refractivity contribution < 1.29 is 14.0 Å². The first-order valence-electron chi connectivity index (χ1n) is 7.56. The zero-order chi connectivity index (χ0) is 17.7. The van der Waals surface area contributed by atoms with Crippen LogP contribution in [-0.4, -0.2) is 22.3 Å². The zero-order valence-corrected chi connectivity index (χ0v) is 13.9. The second-order valence-electron chi connectivity index (χ2n) is 6.49. The molecule has 0 spiro atoms. The predicted octanol–water partition coefficient (Wildman–Crippen LogP) is 2.93. The number of nitrogens with one attached hydrogen (secondary N) is 2. The van der Waals surface area contributed by atoms with E-state index >= 15 is 0 Å². The highest BCUT2D eigenvalue weighted by molar-refractivity contribution is 5.96.